The van der Waals surface area contributed by atoms with Gasteiger partial charge in [-0.25, -0.2) is 8.42 Å². The van der Waals surface area contributed by atoms with Crippen LogP contribution in [0.5, 0.6) is 5.75 Å². The zero-order chi connectivity index (χ0) is 20.2. The van der Waals surface area contributed by atoms with Gasteiger partial charge < -0.3 is 10.1 Å². The van der Waals surface area contributed by atoms with Gasteiger partial charge in [-0.15, -0.1) is 0 Å². The number of hydrogen-bond donors (Lipinski definition) is 2. The number of hydrogen-bond acceptors (Lipinski definition) is 4. The summed E-state index contributed by atoms with van der Waals surface area (Å²) >= 11 is 17.7. The average molecular weight is 452 g/mol. The fourth-order valence-electron chi connectivity index (χ4n) is 2.10. The van der Waals surface area contributed by atoms with Gasteiger partial charge in [0, 0.05) is 5.69 Å². The minimum absolute atomic E-state index is 0.0786. The van der Waals surface area contributed by atoms with Gasteiger partial charge in [-0.1, -0.05) is 34.8 Å². The maximum absolute atomic E-state index is 12.5. The van der Waals surface area contributed by atoms with E-state index in [0.717, 1.165) is 0 Å². The largest absolute Gasteiger partial charge is 0.492 e. The summed E-state index contributed by atoms with van der Waals surface area (Å²) in [5.41, 5.74) is 0.393. The Labute approximate surface area is 172 Å². The van der Waals surface area contributed by atoms with Crippen molar-refractivity contribution in [1.29, 1.82) is 0 Å². The molecule has 1 atom stereocenters. The van der Waals surface area contributed by atoms with E-state index in [2.05, 4.69) is 10.0 Å². The van der Waals surface area contributed by atoms with E-state index < -0.39 is 22.0 Å². The second-order valence-electron chi connectivity index (χ2n) is 5.49. The highest BCUT2D eigenvalue weighted by Gasteiger charge is 2.23. The lowest BCUT2D eigenvalue weighted by atomic mass is 10.3. The van der Waals surface area contributed by atoms with Crippen molar-refractivity contribution in [2.24, 2.45) is 0 Å². The highest BCUT2D eigenvalue weighted by Crippen LogP contribution is 2.28. The number of ether oxygens (including phenoxy) is 1. The van der Waals surface area contributed by atoms with Crippen LogP contribution >= 0.6 is 34.8 Å². The number of amides is 1. The SMILES string of the molecule is CCOc1ccc(S(=O)(=O)N[C@H](C)C(=O)Nc2ccc(Cl)c(Cl)c2)cc1Cl. The molecule has 2 aromatic rings. The molecule has 2 rings (SSSR count). The highest BCUT2D eigenvalue weighted by atomic mass is 35.5. The van der Waals surface area contributed by atoms with Crippen molar-refractivity contribution in [3.63, 3.8) is 0 Å². The molecule has 1 amide bonds. The third kappa shape index (κ3) is 5.73. The Hall–Kier alpha value is -1.51. The van der Waals surface area contributed by atoms with Crippen molar-refractivity contribution in [2.45, 2.75) is 24.8 Å². The average Bonchev–Trinajstić information content (AvgIpc) is 2.59. The van der Waals surface area contributed by atoms with Gasteiger partial charge in [0.05, 0.1) is 32.6 Å². The van der Waals surface area contributed by atoms with Crippen LogP contribution < -0.4 is 14.8 Å². The number of carbonyl (C=O) groups is 1. The van der Waals surface area contributed by atoms with E-state index in [-0.39, 0.29) is 14.9 Å². The molecule has 146 valence electrons. The molecule has 0 spiro atoms. The third-order valence-corrected chi connectivity index (χ3v) is 6.00. The summed E-state index contributed by atoms with van der Waals surface area (Å²) in [6.07, 6.45) is 0. The van der Waals surface area contributed by atoms with Crippen LogP contribution in [-0.2, 0) is 14.8 Å². The quantitative estimate of drug-likeness (QED) is 0.655. The second-order valence-corrected chi connectivity index (χ2v) is 8.42. The molecule has 10 heteroatoms. The monoisotopic (exact) mass is 450 g/mol. The van der Waals surface area contributed by atoms with Crippen molar-refractivity contribution in [2.75, 3.05) is 11.9 Å². The van der Waals surface area contributed by atoms with Gasteiger partial charge >= 0.3 is 0 Å². The maximum Gasteiger partial charge on any atom is 0.242 e. The summed E-state index contributed by atoms with van der Waals surface area (Å²) in [7, 11) is -3.96. The van der Waals surface area contributed by atoms with Crippen molar-refractivity contribution < 1.29 is 17.9 Å². The lowest BCUT2D eigenvalue weighted by molar-refractivity contribution is -0.117. The van der Waals surface area contributed by atoms with E-state index in [4.69, 9.17) is 39.5 Å². The Morgan fingerprint density at radius 2 is 1.78 bits per heavy atom. The molecule has 0 aliphatic heterocycles. The predicted molar refractivity (Wildman–Crippen MR) is 107 cm³/mol. The topological polar surface area (TPSA) is 84.5 Å². The van der Waals surface area contributed by atoms with Gasteiger partial charge in [-0.3, -0.25) is 4.79 Å². The van der Waals surface area contributed by atoms with Crippen LogP contribution in [0.2, 0.25) is 15.1 Å². The first-order chi connectivity index (χ1) is 12.6. The number of nitrogens with one attached hydrogen (secondary N) is 2. The van der Waals surface area contributed by atoms with Crippen LogP contribution in [0.3, 0.4) is 0 Å². The minimum Gasteiger partial charge on any atom is -0.492 e. The van der Waals surface area contributed by atoms with Gasteiger partial charge in [0.15, 0.2) is 0 Å². The number of benzene rings is 2. The standard InChI is InChI=1S/C17H17Cl3N2O4S/c1-3-26-16-7-5-12(9-15(16)20)27(24,25)22-10(2)17(23)21-11-4-6-13(18)14(19)8-11/h4-10,22H,3H2,1-2H3,(H,21,23)/t10-/m1/s1. The van der Waals surface area contributed by atoms with E-state index in [1.165, 1.54) is 37.3 Å². The number of carbonyl (C=O) groups excluding carboxylic acids is 1. The molecule has 0 aliphatic carbocycles. The van der Waals surface area contributed by atoms with Crippen LogP contribution in [0.4, 0.5) is 5.69 Å². The summed E-state index contributed by atoms with van der Waals surface area (Å²) in [6, 6.07) is 7.57. The molecule has 0 fully saturated rings. The van der Waals surface area contributed by atoms with Crippen molar-refractivity contribution in [3.8, 4) is 5.75 Å². The van der Waals surface area contributed by atoms with Gasteiger partial charge in [0.25, 0.3) is 0 Å². The van der Waals surface area contributed by atoms with Gasteiger partial charge in [-0.05, 0) is 50.2 Å². The molecule has 6 nitrogen and oxygen atoms in total. The Balaban J connectivity index is 2.10. The molecule has 0 heterocycles. The maximum atomic E-state index is 12.5. The first-order valence-corrected chi connectivity index (χ1v) is 10.5. The summed E-state index contributed by atoms with van der Waals surface area (Å²) in [5, 5.41) is 3.34. The molecular formula is C17H17Cl3N2O4S. The van der Waals surface area contributed by atoms with E-state index in [0.29, 0.717) is 23.1 Å². The first-order valence-electron chi connectivity index (χ1n) is 7.84. The minimum atomic E-state index is -3.96. The fraction of sp³-hybridized carbons (Fsp3) is 0.235. The molecule has 0 saturated heterocycles. The molecule has 0 radical (unpaired) electrons. The predicted octanol–water partition coefficient (Wildman–Crippen LogP) is 4.35. The number of sulfonamides is 1. The molecule has 2 aromatic carbocycles. The Bertz CT molecular complexity index is 951. The van der Waals surface area contributed by atoms with Crippen molar-refractivity contribution >= 4 is 56.4 Å². The smallest absolute Gasteiger partial charge is 0.242 e. The van der Waals surface area contributed by atoms with Crippen LogP contribution in [0.1, 0.15) is 13.8 Å². The normalized spacial score (nSPS) is 12.5. The Morgan fingerprint density at radius 3 is 2.37 bits per heavy atom. The Morgan fingerprint density at radius 1 is 1.07 bits per heavy atom. The van der Waals surface area contributed by atoms with Crippen molar-refractivity contribution in [1.82, 2.24) is 4.72 Å². The molecule has 0 bridgehead atoms. The van der Waals surface area contributed by atoms with Gasteiger partial charge in [0.1, 0.15) is 5.75 Å². The summed E-state index contributed by atoms with van der Waals surface area (Å²) in [6.45, 7) is 3.60. The molecule has 0 aromatic heterocycles. The highest BCUT2D eigenvalue weighted by molar-refractivity contribution is 7.89. The lowest BCUT2D eigenvalue weighted by Crippen LogP contribution is -2.41. The molecule has 0 aliphatic rings. The zero-order valence-corrected chi connectivity index (χ0v) is 17.5. The van der Waals surface area contributed by atoms with Gasteiger partial charge in [0.2, 0.25) is 15.9 Å². The molecule has 27 heavy (non-hydrogen) atoms. The van der Waals surface area contributed by atoms with Crippen LogP contribution in [0.15, 0.2) is 41.3 Å². The third-order valence-electron chi connectivity index (χ3n) is 3.43. The summed E-state index contributed by atoms with van der Waals surface area (Å²) in [5.74, 6) is -0.183. The van der Waals surface area contributed by atoms with Gasteiger partial charge in [-0.2, -0.15) is 4.72 Å². The molecule has 0 unspecified atom stereocenters. The van der Waals surface area contributed by atoms with Crippen LogP contribution in [0, 0.1) is 0 Å². The Kier molecular flexibility index (Phi) is 7.36. The van der Waals surface area contributed by atoms with E-state index >= 15 is 0 Å². The second kappa shape index (κ2) is 9.12. The van der Waals surface area contributed by atoms with E-state index in [9.17, 15) is 13.2 Å². The number of rotatable bonds is 7. The fourth-order valence-corrected chi connectivity index (χ4v) is 3.93. The van der Waals surface area contributed by atoms with E-state index in [1.54, 1.807) is 13.0 Å². The first kappa shape index (κ1) is 21.8. The molecular weight excluding hydrogens is 435 g/mol. The number of anilines is 1. The summed E-state index contributed by atoms with van der Waals surface area (Å²) < 4.78 is 32.6. The molecule has 2 N–H and O–H groups in total. The summed E-state index contributed by atoms with van der Waals surface area (Å²) in [4.78, 5) is 12.2. The van der Waals surface area contributed by atoms with Crippen LogP contribution in [0.25, 0.3) is 0 Å². The molecule has 0 saturated carbocycles. The van der Waals surface area contributed by atoms with E-state index in [1.807, 2.05) is 0 Å². The zero-order valence-electron chi connectivity index (χ0n) is 14.4. The number of halogens is 3. The van der Waals surface area contributed by atoms with Crippen molar-refractivity contribution in [3.05, 3.63) is 51.5 Å². The lowest BCUT2D eigenvalue weighted by Gasteiger charge is -2.15. The van der Waals surface area contributed by atoms with Crippen LogP contribution in [-0.4, -0.2) is 27.0 Å².